The van der Waals surface area contributed by atoms with E-state index in [1.165, 1.54) is 6.33 Å². The molecule has 2 aromatic carbocycles. The second kappa shape index (κ2) is 9.08. The van der Waals surface area contributed by atoms with Gasteiger partial charge in [-0.1, -0.05) is 53.5 Å². The van der Waals surface area contributed by atoms with Gasteiger partial charge in [-0.15, -0.1) is 0 Å². The van der Waals surface area contributed by atoms with E-state index in [0.717, 1.165) is 16.7 Å². The maximum atomic E-state index is 12.5. The summed E-state index contributed by atoms with van der Waals surface area (Å²) in [7, 11) is 1.74. The third kappa shape index (κ3) is 5.03. The van der Waals surface area contributed by atoms with Crippen molar-refractivity contribution in [3.05, 3.63) is 81.9 Å². The summed E-state index contributed by atoms with van der Waals surface area (Å²) in [4.78, 5) is 18.1. The maximum absolute atomic E-state index is 12.5. The highest BCUT2D eigenvalue weighted by Crippen LogP contribution is 2.29. The molecule has 0 bridgehead atoms. The average molecular weight is 418 g/mol. The van der Waals surface area contributed by atoms with Crippen LogP contribution in [0, 0.1) is 0 Å². The van der Waals surface area contributed by atoms with Crippen molar-refractivity contribution >= 4 is 29.2 Å². The van der Waals surface area contributed by atoms with E-state index in [9.17, 15) is 4.79 Å². The van der Waals surface area contributed by atoms with E-state index in [-0.39, 0.29) is 12.1 Å². The second-order valence-corrected chi connectivity index (χ2v) is 7.36. The normalized spacial score (nSPS) is 11.9. The minimum absolute atomic E-state index is 0.176. The molecular formula is C20H21Cl2N5O. The number of hydrogen-bond donors (Lipinski definition) is 1. The highest BCUT2D eigenvalue weighted by Gasteiger charge is 2.19. The monoisotopic (exact) mass is 417 g/mol. The van der Waals surface area contributed by atoms with Crippen LogP contribution >= 0.6 is 23.2 Å². The fourth-order valence-corrected chi connectivity index (χ4v) is 3.36. The summed E-state index contributed by atoms with van der Waals surface area (Å²) in [5.41, 5.74) is 2.98. The van der Waals surface area contributed by atoms with Gasteiger partial charge < -0.3 is 10.2 Å². The van der Waals surface area contributed by atoms with Crippen LogP contribution < -0.4 is 5.32 Å². The summed E-state index contributed by atoms with van der Waals surface area (Å²) in [5, 5.41) is 8.14. The van der Waals surface area contributed by atoms with Gasteiger partial charge in [-0.05, 0) is 35.7 Å². The average Bonchev–Trinajstić information content (AvgIpc) is 3.19. The van der Waals surface area contributed by atoms with Gasteiger partial charge in [0.05, 0.1) is 12.6 Å². The van der Waals surface area contributed by atoms with Crippen molar-refractivity contribution in [2.24, 2.45) is 0 Å². The molecule has 0 unspecified atom stereocenters. The number of hydrogen-bond acceptors (Lipinski definition) is 3. The van der Waals surface area contributed by atoms with E-state index >= 15 is 0 Å². The molecule has 0 fully saturated rings. The number of nitrogens with one attached hydrogen (secondary N) is 1. The van der Waals surface area contributed by atoms with E-state index in [1.54, 1.807) is 35.1 Å². The van der Waals surface area contributed by atoms with Gasteiger partial charge in [0.25, 0.3) is 0 Å². The number of benzene rings is 2. The predicted octanol–water partition coefficient (Wildman–Crippen LogP) is 4.54. The second-order valence-electron chi connectivity index (χ2n) is 6.52. The fourth-order valence-electron chi connectivity index (χ4n) is 2.79. The molecule has 0 aliphatic carbocycles. The van der Waals surface area contributed by atoms with Crippen LogP contribution in [0.5, 0.6) is 0 Å². The Morgan fingerprint density at radius 1 is 1.18 bits per heavy atom. The molecule has 3 rings (SSSR count). The number of carbonyl (C=O) groups is 1. The third-order valence-corrected chi connectivity index (χ3v) is 5.15. The minimum atomic E-state index is -0.185. The fraction of sp³-hybridized carbons (Fsp3) is 0.250. The van der Waals surface area contributed by atoms with Gasteiger partial charge in [-0.25, -0.2) is 14.5 Å². The van der Waals surface area contributed by atoms with Crippen LogP contribution in [0.2, 0.25) is 10.0 Å². The molecule has 6 nitrogen and oxygen atoms in total. The minimum Gasteiger partial charge on any atom is -0.334 e. The Kier molecular flexibility index (Phi) is 6.54. The Morgan fingerprint density at radius 2 is 1.89 bits per heavy atom. The summed E-state index contributed by atoms with van der Waals surface area (Å²) in [6.45, 7) is 3.02. The number of urea groups is 1. The van der Waals surface area contributed by atoms with E-state index in [4.69, 9.17) is 23.2 Å². The maximum Gasteiger partial charge on any atom is 0.317 e. The zero-order valence-electron chi connectivity index (χ0n) is 15.6. The quantitative estimate of drug-likeness (QED) is 0.640. The predicted molar refractivity (Wildman–Crippen MR) is 110 cm³/mol. The van der Waals surface area contributed by atoms with Crippen LogP contribution in [0.1, 0.15) is 29.7 Å². The molecule has 0 aliphatic rings. The zero-order valence-corrected chi connectivity index (χ0v) is 17.2. The van der Waals surface area contributed by atoms with Crippen molar-refractivity contribution in [3.8, 4) is 0 Å². The molecule has 146 valence electrons. The number of amides is 2. The molecule has 8 heteroatoms. The number of nitrogens with zero attached hydrogens (tertiary/aromatic N) is 4. The number of carbonyl (C=O) groups excluding carboxylic acids is 1. The van der Waals surface area contributed by atoms with E-state index in [1.807, 2.05) is 37.3 Å². The molecule has 0 saturated heterocycles. The molecule has 1 atom stereocenters. The van der Waals surface area contributed by atoms with Crippen LogP contribution in [0.3, 0.4) is 0 Å². The Labute approximate surface area is 174 Å². The van der Waals surface area contributed by atoms with E-state index < -0.39 is 0 Å². The highest BCUT2D eigenvalue weighted by atomic mass is 35.5. The molecule has 28 heavy (non-hydrogen) atoms. The molecule has 0 aliphatic heterocycles. The lowest BCUT2D eigenvalue weighted by atomic mass is 10.1. The van der Waals surface area contributed by atoms with Crippen molar-refractivity contribution in [2.45, 2.75) is 26.1 Å². The zero-order chi connectivity index (χ0) is 20.1. The van der Waals surface area contributed by atoms with Crippen LogP contribution in [-0.2, 0) is 13.1 Å². The summed E-state index contributed by atoms with van der Waals surface area (Å²) < 4.78 is 1.76. The first kappa shape index (κ1) is 20.2. The van der Waals surface area contributed by atoms with Gasteiger partial charge >= 0.3 is 6.03 Å². The SMILES string of the molecule is C[C@H](c1ccc(Cl)cc1Cl)N(C)C(=O)NCc1ccc(Cn2cncn2)cc1. The van der Waals surface area contributed by atoms with Gasteiger partial charge in [0.1, 0.15) is 12.7 Å². The lowest BCUT2D eigenvalue weighted by molar-refractivity contribution is 0.194. The standard InChI is InChI=1S/C20H21Cl2N5O/c1-14(18-8-7-17(21)9-19(18)22)26(2)20(28)24-10-15-3-5-16(6-4-15)11-27-13-23-12-25-27/h3-9,12-14H,10-11H2,1-2H3,(H,24,28)/t14-/m1/s1. The lowest BCUT2D eigenvalue weighted by Gasteiger charge is -2.26. The summed E-state index contributed by atoms with van der Waals surface area (Å²) in [6, 6.07) is 12.9. The molecule has 1 aromatic heterocycles. The summed E-state index contributed by atoms with van der Waals surface area (Å²) in [5.74, 6) is 0. The molecule has 1 heterocycles. The highest BCUT2D eigenvalue weighted by molar-refractivity contribution is 6.35. The first-order valence-corrected chi connectivity index (χ1v) is 9.55. The van der Waals surface area contributed by atoms with Gasteiger partial charge in [0.2, 0.25) is 0 Å². The Hall–Kier alpha value is -2.57. The molecule has 0 spiro atoms. The number of rotatable bonds is 6. The van der Waals surface area contributed by atoms with Crippen LogP contribution in [0.4, 0.5) is 4.79 Å². The Balaban J connectivity index is 1.55. The topological polar surface area (TPSA) is 63.1 Å². The first-order chi connectivity index (χ1) is 13.4. The van der Waals surface area contributed by atoms with Crippen molar-refractivity contribution in [2.75, 3.05) is 7.05 Å². The Bertz CT molecular complexity index is 928. The molecule has 3 aromatic rings. The van der Waals surface area contributed by atoms with Crippen LogP contribution in [0.25, 0.3) is 0 Å². The lowest BCUT2D eigenvalue weighted by Crippen LogP contribution is -2.38. The van der Waals surface area contributed by atoms with Gasteiger partial charge in [-0.3, -0.25) is 0 Å². The summed E-state index contributed by atoms with van der Waals surface area (Å²) >= 11 is 12.2. The van der Waals surface area contributed by atoms with Gasteiger partial charge in [0.15, 0.2) is 0 Å². The molecule has 0 radical (unpaired) electrons. The van der Waals surface area contributed by atoms with E-state index in [2.05, 4.69) is 15.4 Å². The summed E-state index contributed by atoms with van der Waals surface area (Å²) in [6.07, 6.45) is 3.19. The molecular weight excluding hydrogens is 397 g/mol. The third-order valence-electron chi connectivity index (χ3n) is 4.59. The van der Waals surface area contributed by atoms with Crippen molar-refractivity contribution in [1.29, 1.82) is 0 Å². The largest absolute Gasteiger partial charge is 0.334 e. The Morgan fingerprint density at radius 3 is 2.54 bits per heavy atom. The van der Waals surface area contributed by atoms with E-state index in [0.29, 0.717) is 23.1 Å². The molecule has 0 saturated carbocycles. The van der Waals surface area contributed by atoms with Crippen LogP contribution in [-0.4, -0.2) is 32.7 Å². The number of halogens is 2. The van der Waals surface area contributed by atoms with Crippen molar-refractivity contribution in [1.82, 2.24) is 25.0 Å². The first-order valence-electron chi connectivity index (χ1n) is 8.80. The van der Waals surface area contributed by atoms with Crippen molar-refractivity contribution in [3.63, 3.8) is 0 Å². The van der Waals surface area contributed by atoms with Gasteiger partial charge in [-0.2, -0.15) is 5.10 Å². The van der Waals surface area contributed by atoms with Crippen LogP contribution in [0.15, 0.2) is 55.1 Å². The molecule has 1 N–H and O–H groups in total. The smallest absolute Gasteiger partial charge is 0.317 e. The van der Waals surface area contributed by atoms with Crippen molar-refractivity contribution < 1.29 is 4.79 Å². The molecule has 2 amide bonds. The van der Waals surface area contributed by atoms with Gasteiger partial charge in [0, 0.05) is 23.6 Å². The number of aromatic nitrogens is 3.